The molecule has 0 fully saturated rings. The van der Waals surface area contributed by atoms with Crippen molar-refractivity contribution in [2.75, 3.05) is 12.8 Å². The number of nitrogens with one attached hydrogen (secondary N) is 1. The molecule has 0 bridgehead atoms. The number of hydrogen-bond donors (Lipinski definition) is 2. The van der Waals surface area contributed by atoms with Crippen molar-refractivity contribution in [2.24, 2.45) is 0 Å². The Morgan fingerprint density at radius 1 is 1.25 bits per heavy atom. The van der Waals surface area contributed by atoms with Crippen LogP contribution < -0.4 is 10.5 Å². The third kappa shape index (κ3) is 2.12. The van der Waals surface area contributed by atoms with Crippen molar-refractivity contribution in [1.82, 2.24) is 10.2 Å². The maximum atomic E-state index is 5.77. The smallest absolute Gasteiger partial charge is 0.153 e. The van der Waals surface area contributed by atoms with Crippen LogP contribution in [0.1, 0.15) is 5.69 Å². The van der Waals surface area contributed by atoms with Crippen LogP contribution >= 0.6 is 12.4 Å². The van der Waals surface area contributed by atoms with Crippen molar-refractivity contribution >= 4 is 18.2 Å². The number of aryl methyl sites for hydroxylation is 1. The van der Waals surface area contributed by atoms with Gasteiger partial charge in [0.15, 0.2) is 5.82 Å². The van der Waals surface area contributed by atoms with E-state index in [9.17, 15) is 0 Å². The van der Waals surface area contributed by atoms with E-state index in [0.717, 1.165) is 22.6 Å². The van der Waals surface area contributed by atoms with Gasteiger partial charge in [-0.2, -0.15) is 5.10 Å². The Hall–Kier alpha value is -1.68. The molecule has 16 heavy (non-hydrogen) atoms. The summed E-state index contributed by atoms with van der Waals surface area (Å²) < 4.78 is 5.09. The number of hydrogen-bond acceptors (Lipinski definition) is 3. The van der Waals surface area contributed by atoms with Crippen molar-refractivity contribution in [3.8, 4) is 16.9 Å². The van der Waals surface area contributed by atoms with Crippen LogP contribution in [-0.4, -0.2) is 17.3 Å². The number of halogens is 1. The molecule has 5 heteroatoms. The number of nitrogens with two attached hydrogens (primary N) is 1. The van der Waals surface area contributed by atoms with Crippen molar-refractivity contribution < 1.29 is 4.74 Å². The molecule has 1 aromatic heterocycles. The molecule has 0 aliphatic heterocycles. The van der Waals surface area contributed by atoms with E-state index in [1.165, 1.54) is 0 Å². The first-order valence-electron chi connectivity index (χ1n) is 4.67. The van der Waals surface area contributed by atoms with Gasteiger partial charge in [0, 0.05) is 11.3 Å². The maximum absolute atomic E-state index is 5.77. The van der Waals surface area contributed by atoms with Gasteiger partial charge in [-0.25, -0.2) is 0 Å². The van der Waals surface area contributed by atoms with Crippen LogP contribution in [0.4, 0.5) is 5.82 Å². The van der Waals surface area contributed by atoms with Gasteiger partial charge in [0.25, 0.3) is 0 Å². The fourth-order valence-corrected chi connectivity index (χ4v) is 1.57. The molecule has 1 aromatic carbocycles. The number of ether oxygens (including phenoxy) is 1. The minimum Gasteiger partial charge on any atom is -0.497 e. The number of anilines is 1. The Morgan fingerprint density at radius 2 is 1.88 bits per heavy atom. The molecule has 0 saturated heterocycles. The van der Waals surface area contributed by atoms with Crippen molar-refractivity contribution in [3.05, 3.63) is 30.0 Å². The summed E-state index contributed by atoms with van der Waals surface area (Å²) in [5.74, 6) is 1.36. The molecular weight excluding hydrogens is 226 g/mol. The van der Waals surface area contributed by atoms with Gasteiger partial charge in [0.1, 0.15) is 5.75 Å². The number of benzene rings is 1. The fraction of sp³-hybridized carbons (Fsp3) is 0.182. The standard InChI is InChI=1S/C11H13N3O.ClH/c1-7-10(11(12)14-13-7)8-3-5-9(15-2)6-4-8;/h3-6H,1-2H3,(H3,12,13,14);1H. The summed E-state index contributed by atoms with van der Waals surface area (Å²) in [5, 5.41) is 6.81. The zero-order valence-electron chi connectivity index (χ0n) is 9.15. The van der Waals surface area contributed by atoms with Crippen LogP contribution in [0.5, 0.6) is 5.75 Å². The number of nitrogen functional groups attached to an aromatic ring is 1. The predicted molar refractivity (Wildman–Crippen MR) is 67.0 cm³/mol. The molecule has 2 rings (SSSR count). The number of aromatic amines is 1. The molecule has 0 aliphatic carbocycles. The van der Waals surface area contributed by atoms with Crippen LogP contribution in [0.15, 0.2) is 24.3 Å². The first kappa shape index (κ1) is 12.4. The Labute approximate surface area is 100 Å². The lowest BCUT2D eigenvalue weighted by Gasteiger charge is -2.03. The fourth-order valence-electron chi connectivity index (χ4n) is 1.57. The topological polar surface area (TPSA) is 63.9 Å². The zero-order chi connectivity index (χ0) is 10.8. The van der Waals surface area contributed by atoms with E-state index in [0.29, 0.717) is 5.82 Å². The van der Waals surface area contributed by atoms with Crippen molar-refractivity contribution in [2.45, 2.75) is 6.92 Å². The van der Waals surface area contributed by atoms with Gasteiger partial charge < -0.3 is 10.5 Å². The molecule has 0 unspecified atom stereocenters. The lowest BCUT2D eigenvalue weighted by Crippen LogP contribution is -1.89. The average molecular weight is 240 g/mol. The van der Waals surface area contributed by atoms with E-state index in [4.69, 9.17) is 10.5 Å². The number of rotatable bonds is 2. The molecule has 0 saturated carbocycles. The third-order valence-corrected chi connectivity index (χ3v) is 2.35. The Bertz CT molecular complexity index is 445. The molecule has 3 N–H and O–H groups in total. The minimum absolute atomic E-state index is 0. The number of H-pyrrole nitrogens is 1. The number of methoxy groups -OCH3 is 1. The predicted octanol–water partition coefficient (Wildman–Crippen LogP) is 2.40. The summed E-state index contributed by atoms with van der Waals surface area (Å²) in [6.07, 6.45) is 0. The highest BCUT2D eigenvalue weighted by Crippen LogP contribution is 2.28. The van der Waals surface area contributed by atoms with Gasteiger partial charge in [-0.05, 0) is 24.6 Å². The molecular formula is C11H14ClN3O. The summed E-state index contributed by atoms with van der Waals surface area (Å²) in [6, 6.07) is 7.74. The SMILES string of the molecule is COc1ccc(-c2c(N)n[nH]c2C)cc1.Cl. The van der Waals surface area contributed by atoms with Crippen LogP contribution in [0.25, 0.3) is 11.1 Å². The summed E-state index contributed by atoms with van der Waals surface area (Å²) >= 11 is 0. The summed E-state index contributed by atoms with van der Waals surface area (Å²) in [7, 11) is 1.65. The van der Waals surface area contributed by atoms with Gasteiger partial charge in [-0.3, -0.25) is 5.10 Å². The van der Waals surface area contributed by atoms with E-state index in [2.05, 4.69) is 10.2 Å². The Morgan fingerprint density at radius 3 is 2.31 bits per heavy atom. The molecule has 0 aliphatic rings. The van der Waals surface area contributed by atoms with E-state index < -0.39 is 0 Å². The second-order valence-corrected chi connectivity index (χ2v) is 3.34. The van der Waals surface area contributed by atoms with Gasteiger partial charge in [0.05, 0.1) is 7.11 Å². The number of aromatic nitrogens is 2. The zero-order valence-corrected chi connectivity index (χ0v) is 9.97. The average Bonchev–Trinajstić information content (AvgIpc) is 2.59. The molecule has 4 nitrogen and oxygen atoms in total. The summed E-state index contributed by atoms with van der Waals surface area (Å²) in [6.45, 7) is 1.95. The van der Waals surface area contributed by atoms with Crippen molar-refractivity contribution in [1.29, 1.82) is 0 Å². The largest absolute Gasteiger partial charge is 0.497 e. The monoisotopic (exact) mass is 239 g/mol. The second-order valence-electron chi connectivity index (χ2n) is 3.34. The van der Waals surface area contributed by atoms with Gasteiger partial charge in [0.2, 0.25) is 0 Å². The third-order valence-electron chi connectivity index (χ3n) is 2.35. The molecule has 86 valence electrons. The van der Waals surface area contributed by atoms with Crippen LogP contribution in [0, 0.1) is 6.92 Å². The Balaban J connectivity index is 0.00000128. The van der Waals surface area contributed by atoms with Crippen LogP contribution in [0.3, 0.4) is 0 Å². The van der Waals surface area contributed by atoms with Crippen molar-refractivity contribution in [3.63, 3.8) is 0 Å². The molecule has 0 spiro atoms. The summed E-state index contributed by atoms with van der Waals surface area (Å²) in [4.78, 5) is 0. The van der Waals surface area contributed by atoms with E-state index in [1.54, 1.807) is 7.11 Å². The lowest BCUT2D eigenvalue weighted by atomic mass is 10.1. The molecule has 2 aromatic rings. The van der Waals surface area contributed by atoms with Crippen LogP contribution in [0.2, 0.25) is 0 Å². The molecule has 0 amide bonds. The first-order chi connectivity index (χ1) is 7.22. The highest BCUT2D eigenvalue weighted by atomic mass is 35.5. The quantitative estimate of drug-likeness (QED) is 0.846. The second kappa shape index (κ2) is 4.90. The highest BCUT2D eigenvalue weighted by molar-refractivity contribution is 5.85. The Kier molecular flexibility index (Phi) is 3.79. The summed E-state index contributed by atoms with van der Waals surface area (Å²) in [5.41, 5.74) is 8.74. The maximum Gasteiger partial charge on any atom is 0.153 e. The normalized spacial score (nSPS) is 9.62. The first-order valence-corrected chi connectivity index (χ1v) is 4.67. The highest BCUT2D eigenvalue weighted by Gasteiger charge is 2.09. The van der Waals surface area contributed by atoms with Crippen LogP contribution in [-0.2, 0) is 0 Å². The minimum atomic E-state index is 0. The van der Waals surface area contributed by atoms with Gasteiger partial charge in [-0.15, -0.1) is 12.4 Å². The van der Waals surface area contributed by atoms with E-state index in [-0.39, 0.29) is 12.4 Å². The van der Waals surface area contributed by atoms with Gasteiger partial charge in [-0.1, -0.05) is 12.1 Å². The molecule has 0 atom stereocenters. The molecule has 1 heterocycles. The number of nitrogens with zero attached hydrogens (tertiary/aromatic N) is 1. The van der Waals surface area contributed by atoms with E-state index in [1.807, 2.05) is 31.2 Å². The van der Waals surface area contributed by atoms with Gasteiger partial charge >= 0.3 is 0 Å². The molecule has 0 radical (unpaired) electrons. The van der Waals surface area contributed by atoms with E-state index >= 15 is 0 Å². The lowest BCUT2D eigenvalue weighted by molar-refractivity contribution is 0.415.